The van der Waals surface area contributed by atoms with Gasteiger partial charge < -0.3 is 14.9 Å². The van der Waals surface area contributed by atoms with Crippen LogP contribution in [-0.2, 0) is 14.3 Å². The number of anilines is 1. The summed E-state index contributed by atoms with van der Waals surface area (Å²) in [6.45, 7) is 0.985. The Labute approximate surface area is 164 Å². The highest BCUT2D eigenvalue weighted by atomic mass is 32.1. The van der Waals surface area contributed by atoms with E-state index in [0.29, 0.717) is 38.4 Å². The minimum Gasteiger partial charge on any atom is -0.481 e. The highest BCUT2D eigenvalue weighted by Gasteiger charge is 2.34. The standard InChI is InChI=1S/C20H29NO5S/c22-17-10-8-15(13-26-12-4-3-7-19(23)24)21(17)18-11-9-16(27-18)20(25)14-5-1-2-6-14/h9,11,14-15,20,25H,1-8,10,12-13H2,(H,23,24)/t15-,20?/m1/s1. The Morgan fingerprint density at radius 2 is 2.04 bits per heavy atom. The summed E-state index contributed by atoms with van der Waals surface area (Å²) in [4.78, 5) is 25.7. The summed E-state index contributed by atoms with van der Waals surface area (Å²) < 4.78 is 5.70. The van der Waals surface area contributed by atoms with Gasteiger partial charge in [-0.05, 0) is 50.2 Å². The van der Waals surface area contributed by atoms with Gasteiger partial charge in [-0.15, -0.1) is 11.3 Å². The average Bonchev–Trinajstić information content (AvgIpc) is 3.38. The second kappa shape index (κ2) is 9.66. The molecule has 150 valence electrons. The summed E-state index contributed by atoms with van der Waals surface area (Å²) in [6.07, 6.45) is 6.89. The zero-order valence-electron chi connectivity index (χ0n) is 15.6. The maximum Gasteiger partial charge on any atom is 0.303 e. The molecule has 2 atom stereocenters. The van der Waals surface area contributed by atoms with E-state index >= 15 is 0 Å². The lowest BCUT2D eigenvalue weighted by Crippen LogP contribution is -2.35. The smallest absolute Gasteiger partial charge is 0.303 e. The van der Waals surface area contributed by atoms with Crippen molar-refractivity contribution in [2.24, 2.45) is 5.92 Å². The van der Waals surface area contributed by atoms with Crippen LogP contribution in [0.4, 0.5) is 5.00 Å². The Kier molecular flexibility index (Phi) is 7.26. The van der Waals surface area contributed by atoms with Gasteiger partial charge in [0.05, 0.1) is 23.8 Å². The molecule has 1 amide bonds. The predicted molar refractivity (Wildman–Crippen MR) is 104 cm³/mol. The van der Waals surface area contributed by atoms with E-state index in [4.69, 9.17) is 9.84 Å². The van der Waals surface area contributed by atoms with Crippen LogP contribution in [0.5, 0.6) is 0 Å². The number of carbonyl (C=O) groups excluding carboxylic acids is 1. The minimum absolute atomic E-state index is 0.0205. The van der Waals surface area contributed by atoms with Crippen molar-refractivity contribution >= 4 is 28.2 Å². The number of hydrogen-bond acceptors (Lipinski definition) is 5. The van der Waals surface area contributed by atoms with E-state index in [1.165, 1.54) is 24.2 Å². The second-order valence-electron chi connectivity index (χ2n) is 7.55. The van der Waals surface area contributed by atoms with Crippen LogP contribution in [0.1, 0.15) is 68.8 Å². The van der Waals surface area contributed by atoms with E-state index in [2.05, 4.69) is 0 Å². The van der Waals surface area contributed by atoms with Gasteiger partial charge in [0.25, 0.3) is 0 Å². The van der Waals surface area contributed by atoms with E-state index in [1.54, 1.807) is 0 Å². The lowest BCUT2D eigenvalue weighted by atomic mass is 10.00. The minimum atomic E-state index is -0.782. The van der Waals surface area contributed by atoms with E-state index < -0.39 is 12.1 Å². The van der Waals surface area contributed by atoms with Gasteiger partial charge in [0.15, 0.2) is 0 Å². The van der Waals surface area contributed by atoms with Gasteiger partial charge in [-0.2, -0.15) is 0 Å². The number of ether oxygens (including phenoxy) is 1. The number of unbranched alkanes of at least 4 members (excludes halogenated alkanes) is 1. The molecule has 1 saturated heterocycles. The molecule has 1 aromatic heterocycles. The Morgan fingerprint density at radius 1 is 1.26 bits per heavy atom. The molecule has 27 heavy (non-hydrogen) atoms. The van der Waals surface area contributed by atoms with Gasteiger partial charge in [0.1, 0.15) is 0 Å². The maximum absolute atomic E-state index is 12.4. The third-order valence-electron chi connectivity index (χ3n) is 5.55. The van der Waals surface area contributed by atoms with Crippen LogP contribution in [0.15, 0.2) is 12.1 Å². The predicted octanol–water partition coefficient (Wildman–Crippen LogP) is 3.74. The molecule has 0 bridgehead atoms. The fraction of sp³-hybridized carbons (Fsp3) is 0.700. The molecule has 2 aliphatic rings. The number of carbonyl (C=O) groups is 2. The molecule has 2 heterocycles. The van der Waals surface area contributed by atoms with Gasteiger partial charge in [-0.3, -0.25) is 14.5 Å². The fourth-order valence-electron chi connectivity index (χ4n) is 4.04. The van der Waals surface area contributed by atoms with Gasteiger partial charge in [-0.25, -0.2) is 0 Å². The number of aliphatic hydroxyl groups excluding tert-OH is 1. The van der Waals surface area contributed by atoms with Crippen LogP contribution in [0, 0.1) is 5.92 Å². The van der Waals surface area contributed by atoms with Crippen molar-refractivity contribution in [2.45, 2.75) is 69.9 Å². The molecular weight excluding hydrogens is 366 g/mol. The highest BCUT2D eigenvalue weighted by molar-refractivity contribution is 7.16. The molecule has 1 saturated carbocycles. The van der Waals surface area contributed by atoms with E-state index in [9.17, 15) is 14.7 Å². The summed E-state index contributed by atoms with van der Waals surface area (Å²) in [6, 6.07) is 3.92. The molecule has 1 aliphatic carbocycles. The van der Waals surface area contributed by atoms with Crippen molar-refractivity contribution in [1.82, 2.24) is 0 Å². The zero-order chi connectivity index (χ0) is 19.2. The number of rotatable bonds is 10. The normalized spacial score (nSPS) is 21.9. The largest absolute Gasteiger partial charge is 0.481 e. The monoisotopic (exact) mass is 395 g/mol. The quantitative estimate of drug-likeness (QED) is 0.589. The van der Waals surface area contributed by atoms with E-state index in [-0.39, 0.29) is 18.4 Å². The number of carboxylic acids is 1. The molecule has 1 aliphatic heterocycles. The number of aliphatic hydroxyl groups is 1. The molecule has 1 aromatic rings. The number of carboxylic acid groups (broad SMARTS) is 1. The Bertz CT molecular complexity index is 640. The Morgan fingerprint density at radius 3 is 2.78 bits per heavy atom. The number of hydrogen-bond donors (Lipinski definition) is 2. The molecule has 7 heteroatoms. The van der Waals surface area contributed by atoms with Gasteiger partial charge in [0, 0.05) is 24.3 Å². The van der Waals surface area contributed by atoms with Crippen molar-refractivity contribution in [3.8, 4) is 0 Å². The third-order valence-corrected chi connectivity index (χ3v) is 6.71. The Balaban J connectivity index is 1.52. The first kappa shape index (κ1) is 20.3. The van der Waals surface area contributed by atoms with Crippen molar-refractivity contribution in [3.05, 3.63) is 17.0 Å². The van der Waals surface area contributed by atoms with Crippen LogP contribution < -0.4 is 4.90 Å². The van der Waals surface area contributed by atoms with Crippen molar-refractivity contribution < 1.29 is 24.5 Å². The number of aliphatic carboxylic acids is 1. The van der Waals surface area contributed by atoms with Gasteiger partial charge in [-0.1, -0.05) is 12.8 Å². The first-order valence-electron chi connectivity index (χ1n) is 9.95. The molecule has 3 rings (SSSR count). The summed E-state index contributed by atoms with van der Waals surface area (Å²) in [7, 11) is 0. The molecule has 0 spiro atoms. The highest BCUT2D eigenvalue weighted by Crippen LogP contribution is 2.41. The molecule has 6 nitrogen and oxygen atoms in total. The van der Waals surface area contributed by atoms with Crippen LogP contribution in [0.2, 0.25) is 0 Å². The topological polar surface area (TPSA) is 87.1 Å². The molecule has 1 unspecified atom stereocenters. The van der Waals surface area contributed by atoms with E-state index in [1.807, 2.05) is 17.0 Å². The zero-order valence-corrected chi connectivity index (χ0v) is 16.5. The van der Waals surface area contributed by atoms with Crippen molar-refractivity contribution in [3.63, 3.8) is 0 Å². The summed E-state index contributed by atoms with van der Waals surface area (Å²) >= 11 is 1.52. The van der Waals surface area contributed by atoms with Crippen LogP contribution in [0.3, 0.4) is 0 Å². The first-order chi connectivity index (χ1) is 13.1. The second-order valence-corrected chi connectivity index (χ2v) is 8.64. The Hall–Kier alpha value is -1.44. The van der Waals surface area contributed by atoms with Crippen LogP contribution in [0.25, 0.3) is 0 Å². The molecule has 0 radical (unpaired) electrons. The molecular formula is C20H29NO5S. The average molecular weight is 396 g/mol. The summed E-state index contributed by atoms with van der Waals surface area (Å²) in [5.41, 5.74) is 0. The van der Waals surface area contributed by atoms with Gasteiger partial charge >= 0.3 is 5.97 Å². The lowest BCUT2D eigenvalue weighted by Gasteiger charge is -2.23. The molecule has 2 N–H and O–H groups in total. The number of nitrogens with zero attached hydrogens (tertiary/aromatic N) is 1. The SMILES string of the molecule is O=C(O)CCCCOC[C@H]1CCC(=O)N1c1ccc(C(O)C2CCCC2)s1. The van der Waals surface area contributed by atoms with E-state index in [0.717, 1.165) is 29.1 Å². The third kappa shape index (κ3) is 5.30. The van der Waals surface area contributed by atoms with Crippen molar-refractivity contribution in [2.75, 3.05) is 18.1 Å². The lowest BCUT2D eigenvalue weighted by molar-refractivity contribution is -0.137. The number of amides is 1. The number of thiophene rings is 1. The van der Waals surface area contributed by atoms with Crippen LogP contribution in [-0.4, -0.2) is 41.3 Å². The summed E-state index contributed by atoms with van der Waals surface area (Å²) in [5.74, 6) is -0.329. The van der Waals surface area contributed by atoms with Crippen LogP contribution >= 0.6 is 11.3 Å². The summed E-state index contributed by atoms with van der Waals surface area (Å²) in [5, 5.41) is 20.1. The maximum atomic E-state index is 12.4. The first-order valence-corrected chi connectivity index (χ1v) is 10.8. The molecule has 2 fully saturated rings. The fourth-order valence-corrected chi connectivity index (χ4v) is 5.22. The molecule has 0 aromatic carbocycles. The van der Waals surface area contributed by atoms with Crippen molar-refractivity contribution in [1.29, 1.82) is 0 Å². The van der Waals surface area contributed by atoms with Gasteiger partial charge in [0.2, 0.25) is 5.91 Å².